The Labute approximate surface area is 153 Å². The van der Waals surface area contributed by atoms with Crippen molar-refractivity contribution in [2.24, 2.45) is 5.92 Å². The van der Waals surface area contributed by atoms with Crippen molar-refractivity contribution in [3.05, 3.63) is 36.3 Å². The minimum Gasteiger partial charge on any atom is -0.493 e. The number of nitrogens with one attached hydrogen (secondary N) is 1. The summed E-state index contributed by atoms with van der Waals surface area (Å²) in [4.78, 5) is 23.2. The van der Waals surface area contributed by atoms with E-state index in [0.717, 1.165) is 25.3 Å². The van der Waals surface area contributed by atoms with Gasteiger partial charge in [0.15, 0.2) is 11.5 Å². The maximum atomic E-state index is 12.6. The van der Waals surface area contributed by atoms with Gasteiger partial charge in [0.1, 0.15) is 17.8 Å². The molecule has 1 aliphatic rings. The number of rotatable bonds is 5. The fourth-order valence-electron chi connectivity index (χ4n) is 3.15. The van der Waals surface area contributed by atoms with E-state index in [2.05, 4.69) is 27.1 Å². The molecule has 1 aromatic carbocycles. The second kappa shape index (κ2) is 8.03. The van der Waals surface area contributed by atoms with Crippen molar-refractivity contribution in [3.63, 3.8) is 0 Å². The Morgan fingerprint density at radius 3 is 2.73 bits per heavy atom. The average molecular weight is 356 g/mol. The normalized spacial score (nSPS) is 16.9. The van der Waals surface area contributed by atoms with Gasteiger partial charge in [-0.05, 0) is 30.9 Å². The molecule has 1 N–H and O–H groups in total. The van der Waals surface area contributed by atoms with Crippen LogP contribution in [0.4, 0.5) is 11.5 Å². The molecule has 7 nitrogen and oxygen atoms in total. The van der Waals surface area contributed by atoms with Crippen LogP contribution < -0.4 is 19.7 Å². The summed E-state index contributed by atoms with van der Waals surface area (Å²) in [6.07, 6.45) is 3.81. The molecule has 26 heavy (non-hydrogen) atoms. The van der Waals surface area contributed by atoms with Crippen LogP contribution in [-0.2, 0) is 0 Å². The summed E-state index contributed by atoms with van der Waals surface area (Å²) < 4.78 is 10.5. The lowest BCUT2D eigenvalue weighted by Gasteiger charge is -2.31. The van der Waals surface area contributed by atoms with Crippen LogP contribution in [0.3, 0.4) is 0 Å². The molecule has 2 heterocycles. The number of carbonyl (C=O) groups is 1. The molecule has 1 amide bonds. The van der Waals surface area contributed by atoms with Crippen LogP contribution in [0.15, 0.2) is 30.6 Å². The van der Waals surface area contributed by atoms with Gasteiger partial charge in [-0.1, -0.05) is 6.92 Å². The number of hydrogen-bond donors (Lipinski definition) is 1. The van der Waals surface area contributed by atoms with Crippen LogP contribution >= 0.6 is 0 Å². The topological polar surface area (TPSA) is 76.6 Å². The predicted molar refractivity (Wildman–Crippen MR) is 100 cm³/mol. The number of amides is 1. The van der Waals surface area contributed by atoms with Gasteiger partial charge in [-0.3, -0.25) is 4.79 Å². The van der Waals surface area contributed by atoms with Crippen molar-refractivity contribution in [1.82, 2.24) is 9.97 Å². The van der Waals surface area contributed by atoms with Crippen molar-refractivity contribution in [2.45, 2.75) is 19.8 Å². The van der Waals surface area contributed by atoms with E-state index in [1.54, 1.807) is 38.5 Å². The Balaban J connectivity index is 1.75. The van der Waals surface area contributed by atoms with Crippen molar-refractivity contribution in [2.75, 3.05) is 37.5 Å². The molecule has 1 aromatic heterocycles. The van der Waals surface area contributed by atoms with E-state index in [1.807, 2.05) is 0 Å². The van der Waals surface area contributed by atoms with Gasteiger partial charge in [-0.2, -0.15) is 0 Å². The molecule has 1 saturated heterocycles. The summed E-state index contributed by atoms with van der Waals surface area (Å²) in [7, 11) is 3.12. The highest BCUT2D eigenvalue weighted by molar-refractivity contribution is 6.03. The molecule has 138 valence electrons. The summed E-state index contributed by atoms with van der Waals surface area (Å²) in [5.41, 5.74) is 0.947. The summed E-state index contributed by atoms with van der Waals surface area (Å²) in [6.45, 7) is 4.14. The quantitative estimate of drug-likeness (QED) is 0.887. The summed E-state index contributed by atoms with van der Waals surface area (Å²) in [6, 6.07) is 6.96. The third-order valence-electron chi connectivity index (χ3n) is 4.51. The number of hydrogen-bond acceptors (Lipinski definition) is 6. The van der Waals surface area contributed by atoms with Gasteiger partial charge < -0.3 is 19.7 Å². The summed E-state index contributed by atoms with van der Waals surface area (Å²) in [5.74, 6) is 2.29. The van der Waals surface area contributed by atoms with Crippen molar-refractivity contribution in [1.29, 1.82) is 0 Å². The number of nitrogens with zero attached hydrogens (tertiary/aromatic N) is 3. The monoisotopic (exact) mass is 356 g/mol. The predicted octanol–water partition coefficient (Wildman–Crippen LogP) is 2.98. The lowest BCUT2D eigenvalue weighted by Crippen LogP contribution is -2.35. The van der Waals surface area contributed by atoms with Gasteiger partial charge in [-0.25, -0.2) is 9.97 Å². The second-order valence-corrected chi connectivity index (χ2v) is 6.48. The zero-order valence-corrected chi connectivity index (χ0v) is 15.4. The first-order valence-electron chi connectivity index (χ1n) is 8.71. The molecule has 1 fully saturated rings. The van der Waals surface area contributed by atoms with Gasteiger partial charge >= 0.3 is 0 Å². The van der Waals surface area contributed by atoms with E-state index in [4.69, 9.17) is 9.47 Å². The maximum absolute atomic E-state index is 12.6. The van der Waals surface area contributed by atoms with Crippen LogP contribution in [0, 0.1) is 5.92 Å². The zero-order valence-electron chi connectivity index (χ0n) is 15.4. The first kappa shape index (κ1) is 18.0. The summed E-state index contributed by atoms with van der Waals surface area (Å²) >= 11 is 0. The van der Waals surface area contributed by atoms with E-state index < -0.39 is 0 Å². The average Bonchev–Trinajstić information content (AvgIpc) is 2.68. The molecular formula is C19H24N4O3. The van der Waals surface area contributed by atoms with Gasteiger partial charge in [0.2, 0.25) is 0 Å². The molecule has 2 aromatic rings. The van der Waals surface area contributed by atoms with Crippen LogP contribution in [-0.4, -0.2) is 43.2 Å². The Morgan fingerprint density at radius 1 is 1.19 bits per heavy atom. The fraction of sp³-hybridized carbons (Fsp3) is 0.421. The first-order valence-corrected chi connectivity index (χ1v) is 8.71. The number of anilines is 2. The number of aromatic nitrogens is 2. The number of carbonyl (C=O) groups excluding carboxylic acids is 1. The van der Waals surface area contributed by atoms with Crippen molar-refractivity contribution in [3.8, 4) is 11.5 Å². The molecule has 0 saturated carbocycles. The molecule has 0 bridgehead atoms. The third kappa shape index (κ3) is 4.04. The largest absolute Gasteiger partial charge is 0.493 e. The molecular weight excluding hydrogens is 332 g/mol. The Hall–Kier alpha value is -2.83. The molecule has 0 spiro atoms. The minimum atomic E-state index is -0.286. The van der Waals surface area contributed by atoms with E-state index in [1.165, 1.54) is 12.7 Å². The van der Waals surface area contributed by atoms with Crippen LogP contribution in [0.5, 0.6) is 11.5 Å². The molecule has 0 aliphatic carbocycles. The van der Waals surface area contributed by atoms with E-state index in [9.17, 15) is 4.79 Å². The molecule has 1 atom stereocenters. The molecule has 0 radical (unpaired) electrons. The van der Waals surface area contributed by atoms with Crippen molar-refractivity contribution < 1.29 is 14.3 Å². The van der Waals surface area contributed by atoms with Crippen LogP contribution in [0.2, 0.25) is 0 Å². The fourth-order valence-corrected chi connectivity index (χ4v) is 3.15. The molecule has 7 heteroatoms. The number of ether oxygens (including phenoxy) is 2. The Morgan fingerprint density at radius 2 is 2.00 bits per heavy atom. The molecule has 3 rings (SSSR count). The number of piperidine rings is 1. The Kier molecular flexibility index (Phi) is 5.55. The number of methoxy groups -OCH3 is 2. The van der Waals surface area contributed by atoms with Crippen LogP contribution in [0.1, 0.15) is 30.3 Å². The standard InChI is InChI=1S/C19H24N4O3/c1-13-5-4-8-23(11-13)18-10-15(20-12-21-18)19(24)22-14-6-7-16(25-2)17(9-14)26-3/h6-7,9-10,12-13H,4-5,8,11H2,1-3H3,(H,22,24). The smallest absolute Gasteiger partial charge is 0.274 e. The highest BCUT2D eigenvalue weighted by atomic mass is 16.5. The maximum Gasteiger partial charge on any atom is 0.274 e. The number of benzene rings is 1. The van der Waals surface area contributed by atoms with Gasteiger partial charge in [0.05, 0.1) is 14.2 Å². The van der Waals surface area contributed by atoms with E-state index in [0.29, 0.717) is 28.8 Å². The first-order chi connectivity index (χ1) is 12.6. The lowest BCUT2D eigenvalue weighted by molar-refractivity contribution is 0.102. The SMILES string of the molecule is COc1ccc(NC(=O)c2cc(N3CCCC(C)C3)ncn2)cc1OC. The van der Waals surface area contributed by atoms with Crippen LogP contribution in [0.25, 0.3) is 0 Å². The van der Waals surface area contributed by atoms with Gasteiger partial charge in [0, 0.05) is 30.9 Å². The second-order valence-electron chi connectivity index (χ2n) is 6.48. The van der Waals surface area contributed by atoms with Crippen molar-refractivity contribution >= 4 is 17.4 Å². The Bertz CT molecular complexity index is 781. The summed E-state index contributed by atoms with van der Waals surface area (Å²) in [5, 5.41) is 2.84. The van der Waals surface area contributed by atoms with E-state index in [-0.39, 0.29) is 5.91 Å². The third-order valence-corrected chi connectivity index (χ3v) is 4.51. The minimum absolute atomic E-state index is 0.286. The van der Waals surface area contributed by atoms with Gasteiger partial charge in [-0.15, -0.1) is 0 Å². The van der Waals surface area contributed by atoms with E-state index >= 15 is 0 Å². The zero-order chi connectivity index (χ0) is 18.5. The van der Waals surface area contributed by atoms with Gasteiger partial charge in [0.25, 0.3) is 5.91 Å². The molecule has 1 aliphatic heterocycles. The lowest BCUT2D eigenvalue weighted by atomic mass is 10.0. The highest BCUT2D eigenvalue weighted by Gasteiger charge is 2.19. The highest BCUT2D eigenvalue weighted by Crippen LogP contribution is 2.30. The molecule has 1 unspecified atom stereocenters.